The summed E-state index contributed by atoms with van der Waals surface area (Å²) in [5, 5.41) is 2.91. The van der Waals surface area contributed by atoms with Crippen LogP contribution in [0, 0.1) is 0 Å². The van der Waals surface area contributed by atoms with Crippen molar-refractivity contribution in [3.8, 4) is 0 Å². The van der Waals surface area contributed by atoms with E-state index in [0.717, 1.165) is 23.0 Å². The van der Waals surface area contributed by atoms with Crippen molar-refractivity contribution in [2.75, 3.05) is 11.9 Å². The van der Waals surface area contributed by atoms with Crippen LogP contribution < -0.4 is 5.32 Å². The van der Waals surface area contributed by atoms with E-state index in [1.54, 1.807) is 4.90 Å². The molecule has 2 amide bonds. The highest BCUT2D eigenvalue weighted by Crippen LogP contribution is 2.22. The van der Waals surface area contributed by atoms with E-state index < -0.39 is 6.04 Å². The number of anilines is 1. The largest absolute Gasteiger partial charge is 0.327 e. The van der Waals surface area contributed by atoms with Gasteiger partial charge in [0.05, 0.1) is 0 Å². The SMILES string of the molecule is CCc1ccc(C(=O)N2CCCC2C(=O)Nc2ccc(Br)cc2)cc1. The van der Waals surface area contributed by atoms with Gasteiger partial charge in [-0.3, -0.25) is 9.59 Å². The van der Waals surface area contributed by atoms with Crippen molar-refractivity contribution < 1.29 is 9.59 Å². The second-order valence-electron chi connectivity index (χ2n) is 6.20. The van der Waals surface area contributed by atoms with Crippen molar-refractivity contribution >= 4 is 33.4 Å². The molecule has 130 valence electrons. The molecule has 0 saturated carbocycles. The van der Waals surface area contributed by atoms with Gasteiger partial charge >= 0.3 is 0 Å². The molecule has 0 aliphatic carbocycles. The van der Waals surface area contributed by atoms with Gasteiger partial charge in [0.1, 0.15) is 6.04 Å². The molecule has 1 aliphatic rings. The predicted octanol–water partition coefficient (Wildman–Crippen LogP) is 4.25. The second-order valence-corrected chi connectivity index (χ2v) is 7.12. The number of rotatable bonds is 4. The molecule has 0 radical (unpaired) electrons. The lowest BCUT2D eigenvalue weighted by molar-refractivity contribution is -0.119. The van der Waals surface area contributed by atoms with Gasteiger partial charge < -0.3 is 10.2 Å². The minimum atomic E-state index is -0.415. The summed E-state index contributed by atoms with van der Waals surface area (Å²) in [4.78, 5) is 27.1. The van der Waals surface area contributed by atoms with Crippen molar-refractivity contribution in [2.45, 2.75) is 32.2 Å². The van der Waals surface area contributed by atoms with Gasteiger partial charge in [-0.15, -0.1) is 0 Å². The Hall–Kier alpha value is -2.14. The number of nitrogens with one attached hydrogen (secondary N) is 1. The maximum atomic E-state index is 12.8. The lowest BCUT2D eigenvalue weighted by Gasteiger charge is -2.24. The summed E-state index contributed by atoms with van der Waals surface area (Å²) in [5.74, 6) is -0.200. The standard InChI is InChI=1S/C20H21BrN2O2/c1-2-14-5-7-15(8-6-14)20(25)23-13-3-4-18(23)19(24)22-17-11-9-16(21)10-12-17/h5-12,18H,2-4,13H2,1H3,(H,22,24). The monoisotopic (exact) mass is 400 g/mol. The molecule has 5 heteroatoms. The summed E-state index contributed by atoms with van der Waals surface area (Å²) in [6.45, 7) is 2.70. The molecule has 1 heterocycles. The van der Waals surface area contributed by atoms with Gasteiger partial charge in [-0.05, 0) is 61.2 Å². The minimum absolute atomic E-state index is 0.0730. The Morgan fingerprint density at radius 3 is 2.44 bits per heavy atom. The van der Waals surface area contributed by atoms with E-state index >= 15 is 0 Å². The fraction of sp³-hybridized carbons (Fsp3) is 0.300. The van der Waals surface area contributed by atoms with Crippen molar-refractivity contribution in [3.05, 3.63) is 64.1 Å². The number of likely N-dealkylation sites (tertiary alicyclic amines) is 1. The summed E-state index contributed by atoms with van der Waals surface area (Å²) >= 11 is 3.38. The normalized spacial score (nSPS) is 16.7. The van der Waals surface area contributed by atoms with Gasteiger partial charge in [-0.2, -0.15) is 0 Å². The van der Waals surface area contributed by atoms with E-state index in [9.17, 15) is 9.59 Å². The third-order valence-electron chi connectivity index (χ3n) is 4.54. The summed E-state index contributed by atoms with van der Waals surface area (Å²) in [6.07, 6.45) is 2.48. The summed E-state index contributed by atoms with van der Waals surface area (Å²) < 4.78 is 0.957. The Kier molecular flexibility index (Phi) is 5.53. The first-order chi connectivity index (χ1) is 12.1. The number of amides is 2. The molecule has 1 fully saturated rings. The molecule has 0 spiro atoms. The van der Waals surface area contributed by atoms with Crippen molar-refractivity contribution in [1.29, 1.82) is 0 Å². The zero-order chi connectivity index (χ0) is 17.8. The Morgan fingerprint density at radius 2 is 1.80 bits per heavy atom. The maximum absolute atomic E-state index is 12.8. The Bertz CT molecular complexity index is 756. The minimum Gasteiger partial charge on any atom is -0.327 e. The summed E-state index contributed by atoms with van der Waals surface area (Å²) in [7, 11) is 0. The van der Waals surface area contributed by atoms with Crippen LogP contribution in [0.3, 0.4) is 0 Å². The summed E-state index contributed by atoms with van der Waals surface area (Å²) in [5.41, 5.74) is 2.57. The van der Waals surface area contributed by atoms with E-state index in [-0.39, 0.29) is 11.8 Å². The molecule has 2 aromatic carbocycles. The first-order valence-electron chi connectivity index (χ1n) is 8.55. The number of carbonyl (C=O) groups is 2. The summed E-state index contributed by atoms with van der Waals surface area (Å²) in [6, 6.07) is 14.7. The average Bonchev–Trinajstić information content (AvgIpc) is 3.13. The third kappa shape index (κ3) is 4.10. The van der Waals surface area contributed by atoms with E-state index in [4.69, 9.17) is 0 Å². The highest BCUT2D eigenvalue weighted by Gasteiger charge is 2.34. The highest BCUT2D eigenvalue weighted by molar-refractivity contribution is 9.10. The number of halogens is 1. The topological polar surface area (TPSA) is 49.4 Å². The van der Waals surface area contributed by atoms with Crippen molar-refractivity contribution in [3.63, 3.8) is 0 Å². The fourth-order valence-electron chi connectivity index (χ4n) is 3.09. The van der Waals surface area contributed by atoms with Crippen molar-refractivity contribution in [2.24, 2.45) is 0 Å². The molecule has 0 aromatic heterocycles. The van der Waals surface area contributed by atoms with Gasteiger partial charge in [0.2, 0.25) is 5.91 Å². The molecule has 0 bridgehead atoms. The average molecular weight is 401 g/mol. The molecule has 2 aromatic rings. The zero-order valence-electron chi connectivity index (χ0n) is 14.2. The van der Waals surface area contributed by atoms with Crippen LogP contribution in [-0.2, 0) is 11.2 Å². The first kappa shape index (κ1) is 17.7. The first-order valence-corrected chi connectivity index (χ1v) is 9.34. The number of hydrogen-bond acceptors (Lipinski definition) is 2. The Morgan fingerprint density at radius 1 is 1.12 bits per heavy atom. The number of hydrogen-bond donors (Lipinski definition) is 1. The van der Waals surface area contributed by atoms with Crippen molar-refractivity contribution in [1.82, 2.24) is 4.90 Å². The van der Waals surface area contributed by atoms with E-state index in [1.807, 2.05) is 48.5 Å². The molecular formula is C20H21BrN2O2. The fourth-order valence-corrected chi connectivity index (χ4v) is 3.35. The Balaban J connectivity index is 1.71. The quantitative estimate of drug-likeness (QED) is 0.833. The highest BCUT2D eigenvalue weighted by atomic mass is 79.9. The lowest BCUT2D eigenvalue weighted by atomic mass is 10.1. The molecule has 1 N–H and O–H groups in total. The molecule has 4 nitrogen and oxygen atoms in total. The second kappa shape index (κ2) is 7.83. The molecular weight excluding hydrogens is 380 g/mol. The van der Waals surface area contributed by atoms with E-state index in [2.05, 4.69) is 28.2 Å². The van der Waals surface area contributed by atoms with Gasteiger partial charge in [-0.1, -0.05) is 35.0 Å². The predicted molar refractivity (Wildman–Crippen MR) is 103 cm³/mol. The molecule has 1 atom stereocenters. The van der Waals surface area contributed by atoms with Gasteiger partial charge in [0, 0.05) is 22.3 Å². The number of carbonyl (C=O) groups excluding carboxylic acids is 2. The smallest absolute Gasteiger partial charge is 0.254 e. The zero-order valence-corrected chi connectivity index (χ0v) is 15.8. The van der Waals surface area contributed by atoms with Crippen LogP contribution in [0.1, 0.15) is 35.7 Å². The van der Waals surface area contributed by atoms with E-state index in [1.165, 1.54) is 5.56 Å². The van der Waals surface area contributed by atoms with Gasteiger partial charge in [0.15, 0.2) is 0 Å². The number of aryl methyl sites for hydroxylation is 1. The lowest BCUT2D eigenvalue weighted by Crippen LogP contribution is -2.43. The van der Waals surface area contributed by atoms with Crippen LogP contribution in [0.2, 0.25) is 0 Å². The maximum Gasteiger partial charge on any atom is 0.254 e. The van der Waals surface area contributed by atoms with Crippen LogP contribution in [0.15, 0.2) is 53.0 Å². The van der Waals surface area contributed by atoms with E-state index in [0.29, 0.717) is 18.5 Å². The van der Waals surface area contributed by atoms with Crippen LogP contribution in [0.25, 0.3) is 0 Å². The molecule has 25 heavy (non-hydrogen) atoms. The van der Waals surface area contributed by atoms with Gasteiger partial charge in [0.25, 0.3) is 5.91 Å². The third-order valence-corrected chi connectivity index (χ3v) is 5.07. The van der Waals surface area contributed by atoms with Crippen LogP contribution in [-0.4, -0.2) is 29.3 Å². The van der Waals surface area contributed by atoms with Gasteiger partial charge in [-0.25, -0.2) is 0 Å². The molecule has 1 aliphatic heterocycles. The number of nitrogens with zero attached hydrogens (tertiary/aromatic N) is 1. The molecule has 3 rings (SSSR count). The molecule has 1 saturated heterocycles. The van der Waals surface area contributed by atoms with Crippen LogP contribution >= 0.6 is 15.9 Å². The van der Waals surface area contributed by atoms with Crippen LogP contribution in [0.5, 0.6) is 0 Å². The number of benzene rings is 2. The Labute approximate surface area is 156 Å². The molecule has 1 unspecified atom stereocenters. The van der Waals surface area contributed by atoms with Crippen LogP contribution in [0.4, 0.5) is 5.69 Å².